The van der Waals surface area contributed by atoms with Gasteiger partial charge in [0.05, 0.1) is 17.7 Å². The number of hydrogen-bond acceptors (Lipinski definition) is 6. The van der Waals surface area contributed by atoms with Crippen LogP contribution in [0.4, 0.5) is 5.69 Å². The molecule has 4 N–H and O–H groups in total. The number of rotatable bonds is 7. The van der Waals surface area contributed by atoms with Gasteiger partial charge in [-0.05, 0) is 36.4 Å². The van der Waals surface area contributed by atoms with Crippen molar-refractivity contribution in [3.05, 3.63) is 48.5 Å². The van der Waals surface area contributed by atoms with Crippen molar-refractivity contribution in [2.75, 3.05) is 18.4 Å². The van der Waals surface area contributed by atoms with Crippen LogP contribution in [0.1, 0.15) is 0 Å². The van der Waals surface area contributed by atoms with Crippen LogP contribution in [-0.4, -0.2) is 28.0 Å². The van der Waals surface area contributed by atoms with Crippen LogP contribution < -0.4 is 25.5 Å². The SMILES string of the molecule is COc1cccc(NS(=O)(=O)c2ccc(OCC(=O)NN)cc2)c1. The van der Waals surface area contributed by atoms with Crippen molar-refractivity contribution in [3.63, 3.8) is 0 Å². The van der Waals surface area contributed by atoms with Gasteiger partial charge in [-0.15, -0.1) is 0 Å². The van der Waals surface area contributed by atoms with E-state index in [2.05, 4.69) is 4.72 Å². The monoisotopic (exact) mass is 351 g/mol. The van der Waals surface area contributed by atoms with Crippen molar-refractivity contribution in [2.24, 2.45) is 5.84 Å². The van der Waals surface area contributed by atoms with Gasteiger partial charge in [0.2, 0.25) is 0 Å². The van der Waals surface area contributed by atoms with E-state index in [1.165, 1.54) is 31.4 Å². The van der Waals surface area contributed by atoms with Crippen molar-refractivity contribution < 1.29 is 22.7 Å². The minimum atomic E-state index is -3.75. The first-order valence-corrected chi connectivity index (χ1v) is 8.32. The van der Waals surface area contributed by atoms with E-state index >= 15 is 0 Å². The molecule has 0 aliphatic heterocycles. The Kier molecular flexibility index (Phi) is 5.61. The second kappa shape index (κ2) is 7.66. The Morgan fingerprint density at radius 1 is 1.12 bits per heavy atom. The fourth-order valence-electron chi connectivity index (χ4n) is 1.81. The van der Waals surface area contributed by atoms with Crippen LogP contribution in [0, 0.1) is 0 Å². The fourth-order valence-corrected chi connectivity index (χ4v) is 2.86. The van der Waals surface area contributed by atoms with Crippen molar-refractivity contribution in [1.82, 2.24) is 5.43 Å². The largest absolute Gasteiger partial charge is 0.497 e. The van der Waals surface area contributed by atoms with E-state index in [-0.39, 0.29) is 11.5 Å². The van der Waals surface area contributed by atoms with E-state index < -0.39 is 15.9 Å². The molecule has 9 heteroatoms. The zero-order chi connectivity index (χ0) is 17.6. The molecule has 0 unspecified atom stereocenters. The lowest BCUT2D eigenvalue weighted by atomic mass is 10.3. The van der Waals surface area contributed by atoms with Crippen LogP contribution in [0.2, 0.25) is 0 Å². The summed E-state index contributed by atoms with van der Waals surface area (Å²) in [4.78, 5) is 11.0. The van der Waals surface area contributed by atoms with Gasteiger partial charge in [0.15, 0.2) is 6.61 Å². The summed E-state index contributed by atoms with van der Waals surface area (Å²) in [6, 6.07) is 12.2. The lowest BCUT2D eigenvalue weighted by Gasteiger charge is -2.10. The predicted octanol–water partition coefficient (Wildman–Crippen LogP) is 0.865. The molecule has 0 aromatic heterocycles. The first-order chi connectivity index (χ1) is 11.4. The number of nitrogens with two attached hydrogens (primary N) is 1. The molecule has 0 fully saturated rings. The lowest BCUT2D eigenvalue weighted by Crippen LogP contribution is -2.34. The average molecular weight is 351 g/mol. The highest BCUT2D eigenvalue weighted by Gasteiger charge is 2.14. The van der Waals surface area contributed by atoms with Gasteiger partial charge in [-0.1, -0.05) is 6.07 Å². The maximum Gasteiger partial charge on any atom is 0.271 e. The van der Waals surface area contributed by atoms with Crippen LogP contribution >= 0.6 is 0 Å². The third-order valence-electron chi connectivity index (χ3n) is 2.99. The molecule has 2 rings (SSSR count). The van der Waals surface area contributed by atoms with E-state index in [4.69, 9.17) is 15.3 Å². The normalized spacial score (nSPS) is 10.8. The van der Waals surface area contributed by atoms with Gasteiger partial charge < -0.3 is 9.47 Å². The second-order valence-electron chi connectivity index (χ2n) is 4.67. The Morgan fingerprint density at radius 2 is 1.83 bits per heavy atom. The summed E-state index contributed by atoms with van der Waals surface area (Å²) >= 11 is 0. The minimum Gasteiger partial charge on any atom is -0.497 e. The smallest absolute Gasteiger partial charge is 0.271 e. The molecule has 0 atom stereocenters. The van der Waals surface area contributed by atoms with Gasteiger partial charge in [0.25, 0.3) is 15.9 Å². The molecule has 2 aromatic rings. The van der Waals surface area contributed by atoms with Gasteiger partial charge in [-0.2, -0.15) is 0 Å². The molecule has 8 nitrogen and oxygen atoms in total. The number of nitrogens with one attached hydrogen (secondary N) is 2. The average Bonchev–Trinajstić information content (AvgIpc) is 2.59. The maximum absolute atomic E-state index is 12.4. The Bertz CT molecular complexity index is 806. The number of ether oxygens (including phenoxy) is 2. The molecule has 0 aliphatic rings. The molecule has 24 heavy (non-hydrogen) atoms. The van der Waals surface area contributed by atoms with Crippen LogP contribution in [0.25, 0.3) is 0 Å². The van der Waals surface area contributed by atoms with E-state index in [0.717, 1.165) is 0 Å². The number of benzene rings is 2. The first-order valence-electron chi connectivity index (χ1n) is 6.84. The van der Waals surface area contributed by atoms with Crippen LogP contribution in [-0.2, 0) is 14.8 Å². The van der Waals surface area contributed by atoms with Crippen LogP contribution in [0.3, 0.4) is 0 Å². The number of hydrazine groups is 1. The topological polar surface area (TPSA) is 120 Å². The van der Waals surface area contributed by atoms with Crippen molar-refractivity contribution in [2.45, 2.75) is 4.90 Å². The van der Waals surface area contributed by atoms with Gasteiger partial charge in [0, 0.05) is 6.07 Å². The fraction of sp³-hybridized carbons (Fsp3) is 0.133. The van der Waals surface area contributed by atoms with Gasteiger partial charge in [0.1, 0.15) is 11.5 Å². The molecule has 0 saturated heterocycles. The van der Waals surface area contributed by atoms with Crippen LogP contribution in [0.15, 0.2) is 53.4 Å². The molecule has 0 heterocycles. The van der Waals surface area contributed by atoms with Crippen molar-refractivity contribution >= 4 is 21.6 Å². The molecule has 1 amide bonds. The van der Waals surface area contributed by atoms with Crippen molar-refractivity contribution in [1.29, 1.82) is 0 Å². The predicted molar refractivity (Wildman–Crippen MR) is 88.1 cm³/mol. The molecule has 0 spiro atoms. The highest BCUT2D eigenvalue weighted by Crippen LogP contribution is 2.22. The number of methoxy groups -OCH3 is 1. The lowest BCUT2D eigenvalue weighted by molar-refractivity contribution is -0.123. The van der Waals surface area contributed by atoms with E-state index in [9.17, 15) is 13.2 Å². The zero-order valence-electron chi connectivity index (χ0n) is 12.9. The third-order valence-corrected chi connectivity index (χ3v) is 4.38. The van der Waals surface area contributed by atoms with E-state index in [1.807, 2.05) is 5.43 Å². The molecule has 0 bridgehead atoms. The summed E-state index contributed by atoms with van der Waals surface area (Å²) in [5.41, 5.74) is 2.31. The van der Waals surface area contributed by atoms with Gasteiger partial charge in [-0.3, -0.25) is 14.9 Å². The highest BCUT2D eigenvalue weighted by molar-refractivity contribution is 7.92. The molecule has 2 aromatic carbocycles. The third kappa shape index (κ3) is 4.61. The number of anilines is 1. The van der Waals surface area contributed by atoms with Crippen molar-refractivity contribution in [3.8, 4) is 11.5 Å². The molecular formula is C15H17N3O5S. The van der Waals surface area contributed by atoms with Gasteiger partial charge in [-0.25, -0.2) is 14.3 Å². The summed E-state index contributed by atoms with van der Waals surface area (Å²) in [5.74, 6) is 5.33. The Hall–Kier alpha value is -2.78. The number of amides is 1. The molecule has 128 valence electrons. The quantitative estimate of drug-likeness (QED) is 0.387. The van der Waals surface area contributed by atoms with Gasteiger partial charge >= 0.3 is 0 Å². The van der Waals surface area contributed by atoms with Crippen LogP contribution in [0.5, 0.6) is 11.5 Å². The van der Waals surface area contributed by atoms with E-state index in [0.29, 0.717) is 17.2 Å². The summed E-state index contributed by atoms with van der Waals surface area (Å²) < 4.78 is 37.4. The maximum atomic E-state index is 12.4. The molecule has 0 saturated carbocycles. The number of carbonyl (C=O) groups is 1. The number of hydrogen-bond donors (Lipinski definition) is 3. The second-order valence-corrected chi connectivity index (χ2v) is 6.35. The Labute approximate surface area is 139 Å². The first kappa shape index (κ1) is 17.6. The summed E-state index contributed by atoms with van der Waals surface area (Å²) in [7, 11) is -2.25. The molecule has 0 aliphatic carbocycles. The molecular weight excluding hydrogens is 334 g/mol. The zero-order valence-corrected chi connectivity index (χ0v) is 13.7. The minimum absolute atomic E-state index is 0.0564. The molecule has 0 radical (unpaired) electrons. The summed E-state index contributed by atoms with van der Waals surface area (Å²) in [6.07, 6.45) is 0. The number of sulfonamides is 1. The standard InChI is InChI=1S/C15H17N3O5S/c1-22-13-4-2-3-11(9-13)18-24(20,21)14-7-5-12(6-8-14)23-10-15(19)17-16/h2-9,18H,10,16H2,1H3,(H,17,19). The Balaban J connectivity index is 2.10. The Morgan fingerprint density at radius 3 is 2.46 bits per heavy atom. The summed E-state index contributed by atoms with van der Waals surface area (Å²) in [6.45, 7) is -0.259. The van der Waals surface area contributed by atoms with E-state index in [1.54, 1.807) is 24.3 Å². The number of carbonyl (C=O) groups excluding carboxylic acids is 1. The highest BCUT2D eigenvalue weighted by atomic mass is 32.2. The summed E-state index contributed by atoms with van der Waals surface area (Å²) in [5, 5.41) is 0.